The predicted octanol–water partition coefficient (Wildman–Crippen LogP) is 3.17. The molecular formula is C18H17N3O2. The van der Waals surface area contributed by atoms with Gasteiger partial charge in [-0.1, -0.05) is 30.3 Å². The van der Waals surface area contributed by atoms with E-state index in [4.69, 9.17) is 0 Å². The number of hydrogen-bond donors (Lipinski definition) is 2. The summed E-state index contributed by atoms with van der Waals surface area (Å²) in [5.74, 6) is -0.0473. The van der Waals surface area contributed by atoms with Gasteiger partial charge in [0.1, 0.15) is 11.3 Å². The number of hydrazone groups is 1. The van der Waals surface area contributed by atoms with Gasteiger partial charge in [-0.3, -0.25) is 10.2 Å². The van der Waals surface area contributed by atoms with Crippen molar-refractivity contribution < 1.29 is 5.11 Å². The van der Waals surface area contributed by atoms with E-state index in [1.807, 2.05) is 55.5 Å². The minimum absolute atomic E-state index is 0.0473. The largest absolute Gasteiger partial charge is 0.506 e. The first-order valence-electron chi connectivity index (χ1n) is 7.41. The maximum absolute atomic E-state index is 12.6. The molecule has 2 N–H and O–H groups in total. The Morgan fingerprint density at radius 3 is 2.57 bits per heavy atom. The van der Waals surface area contributed by atoms with Crippen LogP contribution in [-0.4, -0.2) is 15.9 Å². The van der Waals surface area contributed by atoms with Crippen molar-refractivity contribution in [2.24, 2.45) is 5.10 Å². The van der Waals surface area contributed by atoms with Crippen LogP contribution in [0.3, 0.4) is 0 Å². The second-order valence-electron chi connectivity index (χ2n) is 5.06. The molecular weight excluding hydrogens is 290 g/mol. The number of nitrogens with zero attached hydrogens (tertiary/aromatic N) is 2. The zero-order chi connectivity index (χ0) is 16.2. The molecule has 0 fully saturated rings. The van der Waals surface area contributed by atoms with Crippen LogP contribution in [-0.2, 0) is 6.54 Å². The Bertz CT molecular complexity index is 915. The molecule has 0 saturated heterocycles. The zero-order valence-electron chi connectivity index (χ0n) is 12.7. The third-order valence-corrected chi connectivity index (χ3v) is 3.66. The van der Waals surface area contributed by atoms with Gasteiger partial charge in [0.15, 0.2) is 0 Å². The Balaban J connectivity index is 2.05. The highest BCUT2D eigenvalue weighted by atomic mass is 16.3. The van der Waals surface area contributed by atoms with Gasteiger partial charge in [0, 0.05) is 11.9 Å². The zero-order valence-corrected chi connectivity index (χ0v) is 12.7. The number of aromatic nitrogens is 1. The fraction of sp³-hybridized carbons (Fsp3) is 0.111. The van der Waals surface area contributed by atoms with Crippen molar-refractivity contribution in [3.63, 3.8) is 0 Å². The fourth-order valence-electron chi connectivity index (χ4n) is 2.52. The van der Waals surface area contributed by atoms with Gasteiger partial charge in [-0.2, -0.15) is 5.10 Å². The van der Waals surface area contributed by atoms with E-state index in [-0.39, 0.29) is 16.9 Å². The van der Waals surface area contributed by atoms with E-state index in [2.05, 4.69) is 10.5 Å². The van der Waals surface area contributed by atoms with Gasteiger partial charge in [0.2, 0.25) is 0 Å². The van der Waals surface area contributed by atoms with Gasteiger partial charge in [0.25, 0.3) is 5.56 Å². The van der Waals surface area contributed by atoms with Crippen LogP contribution in [0, 0.1) is 0 Å². The van der Waals surface area contributed by atoms with Crippen LogP contribution < -0.4 is 11.0 Å². The summed E-state index contributed by atoms with van der Waals surface area (Å²) in [7, 11) is 0. The van der Waals surface area contributed by atoms with E-state index >= 15 is 0 Å². The van der Waals surface area contributed by atoms with Gasteiger partial charge >= 0.3 is 0 Å². The molecule has 0 unspecified atom stereocenters. The number of aryl methyl sites for hydroxylation is 1. The first kappa shape index (κ1) is 14.8. The molecule has 1 heterocycles. The molecule has 3 aromatic rings. The topological polar surface area (TPSA) is 66.6 Å². The lowest BCUT2D eigenvalue weighted by molar-refractivity contribution is 0.478. The van der Waals surface area contributed by atoms with Crippen molar-refractivity contribution in [2.75, 3.05) is 5.43 Å². The number of pyridine rings is 1. The Morgan fingerprint density at radius 1 is 1.13 bits per heavy atom. The van der Waals surface area contributed by atoms with Crippen molar-refractivity contribution in [3.8, 4) is 5.75 Å². The summed E-state index contributed by atoms with van der Waals surface area (Å²) < 4.78 is 1.62. The maximum atomic E-state index is 12.6. The molecule has 0 saturated carbocycles. The van der Waals surface area contributed by atoms with Gasteiger partial charge in [-0.15, -0.1) is 0 Å². The average Bonchev–Trinajstić information content (AvgIpc) is 2.59. The second kappa shape index (κ2) is 6.36. The predicted molar refractivity (Wildman–Crippen MR) is 93.2 cm³/mol. The lowest BCUT2D eigenvalue weighted by Crippen LogP contribution is -2.23. The second-order valence-corrected chi connectivity index (χ2v) is 5.06. The van der Waals surface area contributed by atoms with Crippen LogP contribution in [0.2, 0.25) is 0 Å². The molecule has 0 aliphatic carbocycles. The molecule has 0 aliphatic heterocycles. The van der Waals surface area contributed by atoms with Crippen molar-refractivity contribution in [2.45, 2.75) is 13.5 Å². The van der Waals surface area contributed by atoms with Crippen LogP contribution in [0.15, 0.2) is 64.5 Å². The minimum atomic E-state index is -0.262. The molecule has 0 atom stereocenters. The first-order valence-corrected chi connectivity index (χ1v) is 7.41. The summed E-state index contributed by atoms with van der Waals surface area (Å²) in [5.41, 5.74) is 4.28. The smallest absolute Gasteiger partial charge is 0.263 e. The average molecular weight is 307 g/mol. The van der Waals surface area contributed by atoms with Crippen molar-refractivity contribution in [1.82, 2.24) is 4.57 Å². The maximum Gasteiger partial charge on any atom is 0.263 e. The Morgan fingerprint density at radius 2 is 1.83 bits per heavy atom. The molecule has 5 heteroatoms. The molecule has 3 rings (SSSR count). The van der Waals surface area contributed by atoms with E-state index in [1.165, 1.54) is 6.21 Å². The number of fused-ring (bicyclic) bond motifs is 1. The highest BCUT2D eigenvalue weighted by Crippen LogP contribution is 2.25. The van der Waals surface area contributed by atoms with Gasteiger partial charge in [-0.05, 0) is 31.2 Å². The molecule has 0 bridgehead atoms. The van der Waals surface area contributed by atoms with Crippen LogP contribution in [0.5, 0.6) is 5.75 Å². The van der Waals surface area contributed by atoms with Crippen molar-refractivity contribution >= 4 is 22.8 Å². The summed E-state index contributed by atoms with van der Waals surface area (Å²) in [6.45, 7) is 2.42. The van der Waals surface area contributed by atoms with Gasteiger partial charge < -0.3 is 9.67 Å². The van der Waals surface area contributed by atoms with E-state index < -0.39 is 0 Å². The Labute approximate surface area is 133 Å². The monoisotopic (exact) mass is 307 g/mol. The molecule has 23 heavy (non-hydrogen) atoms. The quantitative estimate of drug-likeness (QED) is 0.574. The standard InChI is InChI=1S/C18H17N3O2/c1-2-21-16-11-7-6-10-14(16)17(22)15(18(21)23)12-19-20-13-8-4-3-5-9-13/h3-12,20,22H,2H2,1H3/b19-12+. The lowest BCUT2D eigenvalue weighted by Gasteiger charge is -2.11. The number of hydrogen-bond acceptors (Lipinski definition) is 4. The van der Waals surface area contributed by atoms with Crippen molar-refractivity contribution in [1.29, 1.82) is 0 Å². The third kappa shape index (κ3) is 2.81. The number of nitrogens with one attached hydrogen (secondary N) is 1. The van der Waals surface area contributed by atoms with Crippen molar-refractivity contribution in [3.05, 3.63) is 70.5 Å². The molecule has 2 aromatic carbocycles. The van der Waals surface area contributed by atoms with E-state index in [1.54, 1.807) is 10.6 Å². The molecule has 1 aromatic heterocycles. The summed E-state index contributed by atoms with van der Waals surface area (Å²) in [6, 6.07) is 16.7. The third-order valence-electron chi connectivity index (χ3n) is 3.66. The summed E-state index contributed by atoms with van der Waals surface area (Å²) >= 11 is 0. The van der Waals surface area contributed by atoms with Gasteiger partial charge in [0.05, 0.1) is 17.4 Å². The normalized spacial score (nSPS) is 11.2. The number of rotatable bonds is 4. The van der Waals surface area contributed by atoms with Crippen LogP contribution in [0.1, 0.15) is 12.5 Å². The number of aromatic hydroxyl groups is 1. The fourth-order valence-corrected chi connectivity index (χ4v) is 2.52. The van der Waals surface area contributed by atoms with Crippen LogP contribution in [0.4, 0.5) is 5.69 Å². The molecule has 0 amide bonds. The Kier molecular flexibility index (Phi) is 4.10. The number of benzene rings is 2. The SMILES string of the molecule is CCn1c(=O)c(/C=N/Nc2ccccc2)c(O)c2ccccc21. The number of para-hydroxylation sites is 2. The molecule has 5 nitrogen and oxygen atoms in total. The minimum Gasteiger partial charge on any atom is -0.506 e. The molecule has 0 radical (unpaired) electrons. The van der Waals surface area contributed by atoms with E-state index in [0.29, 0.717) is 17.4 Å². The molecule has 116 valence electrons. The summed E-state index contributed by atoms with van der Waals surface area (Å²) in [5, 5.41) is 15.1. The highest BCUT2D eigenvalue weighted by Gasteiger charge is 2.13. The van der Waals surface area contributed by atoms with E-state index in [9.17, 15) is 9.90 Å². The first-order chi connectivity index (χ1) is 11.2. The van der Waals surface area contributed by atoms with E-state index in [0.717, 1.165) is 5.69 Å². The summed E-state index contributed by atoms with van der Waals surface area (Å²) in [6.07, 6.45) is 1.36. The van der Waals surface area contributed by atoms with Crippen LogP contribution >= 0.6 is 0 Å². The molecule has 0 spiro atoms. The van der Waals surface area contributed by atoms with Crippen LogP contribution in [0.25, 0.3) is 10.9 Å². The van der Waals surface area contributed by atoms with Gasteiger partial charge in [-0.25, -0.2) is 0 Å². The Hall–Kier alpha value is -3.08. The number of anilines is 1. The molecule has 0 aliphatic rings. The summed E-state index contributed by atoms with van der Waals surface area (Å²) in [4.78, 5) is 12.6. The highest BCUT2D eigenvalue weighted by molar-refractivity contribution is 5.95. The lowest BCUT2D eigenvalue weighted by atomic mass is 10.1.